The van der Waals surface area contributed by atoms with Crippen LogP contribution in [0.15, 0.2) is 52.3 Å². The predicted molar refractivity (Wildman–Crippen MR) is 83.8 cm³/mol. The summed E-state index contributed by atoms with van der Waals surface area (Å²) in [5.41, 5.74) is 7.67. The van der Waals surface area contributed by atoms with E-state index in [2.05, 4.69) is 15.9 Å². The van der Waals surface area contributed by atoms with Gasteiger partial charge in [0.25, 0.3) is 0 Å². The molecule has 0 radical (unpaired) electrons. The summed E-state index contributed by atoms with van der Waals surface area (Å²) >= 11 is 4.99. The number of nitrogens with two attached hydrogens (primary N) is 1. The Balaban J connectivity index is 2.19. The molecule has 1 heterocycles. The molecule has 0 amide bonds. The minimum absolute atomic E-state index is 0.00720. The molecule has 2 nitrogen and oxygen atoms in total. The number of benzene rings is 2. The molecule has 2 N–H and O–H groups in total. The molecule has 4 heteroatoms. The van der Waals surface area contributed by atoms with Crippen molar-refractivity contribution in [2.75, 3.05) is 5.73 Å². The second-order valence-electron chi connectivity index (χ2n) is 4.21. The van der Waals surface area contributed by atoms with Gasteiger partial charge in [-0.1, -0.05) is 28.1 Å². The second kappa shape index (κ2) is 4.79. The highest BCUT2D eigenvalue weighted by atomic mass is 79.9. The summed E-state index contributed by atoms with van der Waals surface area (Å²) in [6.07, 6.45) is 0. The Bertz CT molecular complexity index is 779. The first-order valence-corrected chi connectivity index (χ1v) is 7.40. The monoisotopic (exact) mass is 331 g/mol. The van der Waals surface area contributed by atoms with Crippen LogP contribution < -0.4 is 5.73 Å². The van der Waals surface area contributed by atoms with Gasteiger partial charge in [-0.2, -0.15) is 0 Å². The van der Waals surface area contributed by atoms with Crippen molar-refractivity contribution in [3.63, 3.8) is 0 Å². The van der Waals surface area contributed by atoms with Gasteiger partial charge < -0.3 is 5.73 Å². The quantitative estimate of drug-likeness (QED) is 0.555. The zero-order valence-corrected chi connectivity index (χ0v) is 12.3. The number of thiophene rings is 1. The molecule has 94 valence electrons. The highest BCUT2D eigenvalue weighted by Crippen LogP contribution is 2.29. The van der Waals surface area contributed by atoms with Crippen molar-refractivity contribution in [3.05, 3.63) is 63.4 Å². The zero-order valence-electron chi connectivity index (χ0n) is 9.89. The first-order valence-electron chi connectivity index (χ1n) is 5.73. The summed E-state index contributed by atoms with van der Waals surface area (Å²) in [5.74, 6) is -0.00720. The molecule has 0 saturated carbocycles. The van der Waals surface area contributed by atoms with Crippen LogP contribution in [0.5, 0.6) is 0 Å². The highest BCUT2D eigenvalue weighted by Gasteiger charge is 2.16. The largest absolute Gasteiger partial charge is 0.399 e. The first-order chi connectivity index (χ1) is 9.16. The van der Waals surface area contributed by atoms with E-state index in [0.29, 0.717) is 11.3 Å². The lowest BCUT2D eigenvalue weighted by Gasteiger charge is -2.06. The Hall–Kier alpha value is -1.65. The van der Waals surface area contributed by atoms with E-state index in [0.717, 1.165) is 20.1 Å². The van der Waals surface area contributed by atoms with Crippen LogP contribution in [0.4, 0.5) is 5.69 Å². The first kappa shape index (κ1) is 12.4. The number of fused-ring (bicyclic) bond motifs is 1. The van der Waals surface area contributed by atoms with Crippen LogP contribution in [-0.2, 0) is 0 Å². The maximum absolute atomic E-state index is 12.7. The van der Waals surface area contributed by atoms with Crippen molar-refractivity contribution >= 4 is 48.8 Å². The fourth-order valence-electron chi connectivity index (χ4n) is 2.03. The van der Waals surface area contributed by atoms with Crippen LogP contribution in [0, 0.1) is 0 Å². The van der Waals surface area contributed by atoms with Gasteiger partial charge in [-0.05, 0) is 41.1 Å². The fourth-order valence-corrected chi connectivity index (χ4v) is 3.37. The van der Waals surface area contributed by atoms with Gasteiger partial charge in [0.1, 0.15) is 0 Å². The van der Waals surface area contributed by atoms with E-state index in [1.807, 2.05) is 29.6 Å². The van der Waals surface area contributed by atoms with Crippen LogP contribution in [0.3, 0.4) is 0 Å². The van der Waals surface area contributed by atoms with Crippen molar-refractivity contribution in [1.82, 2.24) is 0 Å². The molecule has 0 saturated heterocycles. The van der Waals surface area contributed by atoms with Gasteiger partial charge >= 0.3 is 0 Å². The summed E-state index contributed by atoms with van der Waals surface area (Å²) in [5, 5.41) is 3.09. The molecular formula is C15H10BrNOS. The summed E-state index contributed by atoms with van der Waals surface area (Å²) in [7, 11) is 0. The number of nitrogen functional groups attached to an aromatic ring is 1. The maximum Gasteiger partial charge on any atom is 0.195 e. The van der Waals surface area contributed by atoms with Crippen molar-refractivity contribution < 1.29 is 4.79 Å². The number of anilines is 1. The Morgan fingerprint density at radius 3 is 2.79 bits per heavy atom. The van der Waals surface area contributed by atoms with Crippen molar-refractivity contribution in [2.45, 2.75) is 0 Å². The molecule has 0 aliphatic heterocycles. The molecule has 0 spiro atoms. The van der Waals surface area contributed by atoms with Crippen molar-refractivity contribution in [2.24, 2.45) is 0 Å². The van der Waals surface area contributed by atoms with E-state index >= 15 is 0 Å². The standard InChI is InChI=1S/C15H10BrNOS/c16-13-5-4-10(17)8-12(13)14(18)11-3-1-2-9-6-7-19-15(9)11/h1-8H,17H2. The fraction of sp³-hybridized carbons (Fsp3) is 0. The van der Waals surface area contributed by atoms with Gasteiger partial charge in [0.15, 0.2) is 5.78 Å². The van der Waals surface area contributed by atoms with Crippen molar-refractivity contribution in [3.8, 4) is 0 Å². The minimum Gasteiger partial charge on any atom is -0.399 e. The normalized spacial score (nSPS) is 10.8. The van der Waals surface area contributed by atoms with E-state index in [9.17, 15) is 4.79 Å². The maximum atomic E-state index is 12.7. The smallest absolute Gasteiger partial charge is 0.195 e. The van der Waals surface area contributed by atoms with Gasteiger partial charge in [0.05, 0.1) is 0 Å². The summed E-state index contributed by atoms with van der Waals surface area (Å²) in [6, 6.07) is 13.1. The molecule has 19 heavy (non-hydrogen) atoms. The SMILES string of the molecule is Nc1ccc(Br)c(C(=O)c2cccc3ccsc23)c1. The lowest BCUT2D eigenvalue weighted by atomic mass is 10.0. The predicted octanol–water partition coefficient (Wildman–Crippen LogP) is 4.48. The number of carbonyl (C=O) groups is 1. The molecule has 2 aromatic carbocycles. The van der Waals surface area contributed by atoms with E-state index in [1.165, 1.54) is 0 Å². The number of hydrogen-bond acceptors (Lipinski definition) is 3. The Kier molecular flexibility index (Phi) is 3.12. The van der Waals surface area contributed by atoms with Crippen LogP contribution in [0.2, 0.25) is 0 Å². The van der Waals surface area contributed by atoms with Crippen molar-refractivity contribution in [1.29, 1.82) is 0 Å². The molecule has 0 atom stereocenters. The van der Waals surface area contributed by atoms with Gasteiger partial charge in [-0.3, -0.25) is 4.79 Å². The number of halogens is 1. The van der Waals surface area contributed by atoms with Crippen LogP contribution in [0.25, 0.3) is 10.1 Å². The summed E-state index contributed by atoms with van der Waals surface area (Å²) in [4.78, 5) is 12.7. The Morgan fingerprint density at radius 2 is 1.95 bits per heavy atom. The van der Waals surface area contributed by atoms with Crippen LogP contribution in [0.1, 0.15) is 15.9 Å². The number of carbonyl (C=O) groups excluding carboxylic acids is 1. The zero-order chi connectivity index (χ0) is 13.4. The third-order valence-electron chi connectivity index (χ3n) is 2.96. The minimum atomic E-state index is -0.00720. The lowest BCUT2D eigenvalue weighted by molar-refractivity contribution is 0.104. The van der Waals surface area contributed by atoms with Gasteiger partial charge in [0.2, 0.25) is 0 Å². The average Bonchev–Trinajstić information content (AvgIpc) is 2.89. The Morgan fingerprint density at radius 1 is 1.11 bits per heavy atom. The molecule has 0 aliphatic carbocycles. The molecule has 3 rings (SSSR count). The molecule has 0 unspecified atom stereocenters. The number of rotatable bonds is 2. The number of ketones is 1. The van der Waals surface area contributed by atoms with Gasteiger partial charge in [-0.15, -0.1) is 11.3 Å². The molecule has 1 aromatic heterocycles. The van der Waals surface area contributed by atoms with E-state index in [1.54, 1.807) is 29.5 Å². The summed E-state index contributed by atoms with van der Waals surface area (Å²) in [6.45, 7) is 0. The van der Waals surface area contributed by atoms with Gasteiger partial charge in [0, 0.05) is 26.0 Å². The summed E-state index contributed by atoms with van der Waals surface area (Å²) < 4.78 is 1.78. The van der Waals surface area contributed by atoms with E-state index in [4.69, 9.17) is 5.73 Å². The molecule has 0 fully saturated rings. The molecular weight excluding hydrogens is 322 g/mol. The number of hydrogen-bond donors (Lipinski definition) is 1. The third-order valence-corrected chi connectivity index (χ3v) is 4.61. The van der Waals surface area contributed by atoms with Crippen LogP contribution >= 0.6 is 27.3 Å². The van der Waals surface area contributed by atoms with E-state index in [-0.39, 0.29) is 5.78 Å². The van der Waals surface area contributed by atoms with Gasteiger partial charge in [-0.25, -0.2) is 0 Å². The van der Waals surface area contributed by atoms with Crippen LogP contribution in [-0.4, -0.2) is 5.78 Å². The average molecular weight is 332 g/mol. The topological polar surface area (TPSA) is 43.1 Å². The van der Waals surface area contributed by atoms with E-state index < -0.39 is 0 Å². The second-order valence-corrected chi connectivity index (χ2v) is 5.98. The highest BCUT2D eigenvalue weighted by molar-refractivity contribution is 9.10. The molecule has 0 aliphatic rings. The Labute approximate surface area is 123 Å². The molecule has 0 bridgehead atoms. The lowest BCUT2D eigenvalue weighted by Crippen LogP contribution is -2.03. The molecule has 3 aromatic rings. The third kappa shape index (κ3) is 2.17.